The van der Waals surface area contributed by atoms with E-state index in [0.717, 1.165) is 5.56 Å². The highest BCUT2D eigenvalue weighted by atomic mass is 32.2. The monoisotopic (exact) mass is 577 g/mol. The van der Waals surface area contributed by atoms with Crippen LogP contribution >= 0.6 is 0 Å². The molecule has 0 bridgehead atoms. The summed E-state index contributed by atoms with van der Waals surface area (Å²) in [5.41, 5.74) is 1.22. The predicted molar refractivity (Wildman–Crippen MR) is 136 cm³/mol. The lowest BCUT2D eigenvalue weighted by Gasteiger charge is -2.37. The van der Waals surface area contributed by atoms with E-state index in [1.807, 2.05) is 6.07 Å². The van der Waals surface area contributed by atoms with Crippen molar-refractivity contribution in [1.82, 2.24) is 9.21 Å². The number of ether oxygens (including phenoxy) is 3. The fourth-order valence-corrected chi connectivity index (χ4v) is 5.35. The number of hydrogen-bond donors (Lipinski definition) is 0. The van der Waals surface area contributed by atoms with E-state index >= 15 is 0 Å². The van der Waals surface area contributed by atoms with Gasteiger partial charge < -0.3 is 24.0 Å². The molecule has 1 heterocycles. The number of carbonyl (C=O) groups excluding carboxylic acids is 1. The smallest absolute Gasteiger partial charge is 0.383 e. The lowest BCUT2D eigenvalue weighted by molar-refractivity contribution is -0.180. The number of piperazine rings is 1. The van der Waals surface area contributed by atoms with Crippen LogP contribution in [0.1, 0.15) is 5.56 Å². The Kier molecular flexibility index (Phi) is 9.54. The molecule has 0 aromatic heterocycles. The molecule has 0 unspecified atom stereocenters. The summed E-state index contributed by atoms with van der Waals surface area (Å²) in [7, 11) is 1.95. The van der Waals surface area contributed by atoms with Gasteiger partial charge in [-0.3, -0.25) is 4.79 Å². The van der Waals surface area contributed by atoms with Crippen LogP contribution in [0.25, 0.3) is 0 Å². The summed E-state index contributed by atoms with van der Waals surface area (Å²) in [6.45, 7) is -0.294. The van der Waals surface area contributed by atoms with Crippen LogP contribution in [0.2, 0.25) is 0 Å². The van der Waals surface area contributed by atoms with Crippen molar-refractivity contribution in [3.05, 3.63) is 42.0 Å². The molecule has 0 atom stereocenters. The fourth-order valence-electron chi connectivity index (χ4n) is 4.15. The highest BCUT2D eigenvalue weighted by Gasteiger charge is 2.51. The van der Waals surface area contributed by atoms with Gasteiger partial charge in [0.25, 0.3) is 5.91 Å². The van der Waals surface area contributed by atoms with Crippen LogP contribution in [-0.2, 0) is 21.2 Å². The van der Waals surface area contributed by atoms with Crippen LogP contribution in [0.3, 0.4) is 0 Å². The molecule has 0 saturated carbocycles. The topological polar surface area (TPSA) is 88.6 Å². The third-order valence-electron chi connectivity index (χ3n) is 6.49. The first kappa shape index (κ1) is 30.3. The minimum absolute atomic E-state index is 0.0139. The molecule has 2 aromatic carbocycles. The first-order chi connectivity index (χ1) is 18.4. The summed E-state index contributed by atoms with van der Waals surface area (Å²) in [4.78, 5) is 14.2. The van der Waals surface area contributed by atoms with Gasteiger partial charge in [0.2, 0.25) is 10.0 Å². The van der Waals surface area contributed by atoms with E-state index in [0.29, 0.717) is 34.3 Å². The van der Waals surface area contributed by atoms with Gasteiger partial charge in [0.15, 0.2) is 11.5 Å². The van der Waals surface area contributed by atoms with Gasteiger partial charge in [0.05, 0.1) is 31.9 Å². The first-order valence-corrected chi connectivity index (χ1v) is 13.4. The molecular formula is C25H31F4N3O6S. The Hall–Kier alpha value is -3.26. The molecule has 0 N–H and O–H groups in total. The maximum absolute atomic E-state index is 13.5. The molecule has 1 amide bonds. The molecule has 1 aliphatic rings. The van der Waals surface area contributed by atoms with Gasteiger partial charge in [-0.05, 0) is 42.3 Å². The number of rotatable bonds is 11. The number of methoxy groups -OCH3 is 3. The molecule has 1 fully saturated rings. The van der Waals surface area contributed by atoms with Crippen molar-refractivity contribution in [3.63, 3.8) is 0 Å². The molecule has 0 radical (unpaired) electrons. The molecule has 0 aliphatic carbocycles. The van der Waals surface area contributed by atoms with Crippen LogP contribution in [0.15, 0.2) is 41.3 Å². The lowest BCUT2D eigenvalue weighted by Crippen LogP contribution is -2.55. The Balaban J connectivity index is 1.74. The van der Waals surface area contributed by atoms with Crippen LogP contribution < -0.4 is 19.1 Å². The average molecular weight is 578 g/mol. The Morgan fingerprint density at radius 2 is 1.54 bits per heavy atom. The summed E-state index contributed by atoms with van der Waals surface area (Å²) in [5.74, 6) is -5.29. The van der Waals surface area contributed by atoms with Crippen molar-refractivity contribution in [2.45, 2.75) is 23.7 Å². The molecule has 0 spiro atoms. The van der Waals surface area contributed by atoms with Crippen molar-refractivity contribution in [1.29, 1.82) is 0 Å². The average Bonchev–Trinajstić information content (AvgIpc) is 2.94. The number of halogens is 4. The normalized spacial score (nSPS) is 14.6. The van der Waals surface area contributed by atoms with E-state index in [1.54, 1.807) is 17.0 Å². The van der Waals surface area contributed by atoms with E-state index in [9.17, 15) is 30.8 Å². The number of benzene rings is 2. The number of nitrogens with zero attached hydrogens (tertiary/aromatic N) is 3. The Bertz CT molecular complexity index is 1270. The lowest BCUT2D eigenvalue weighted by atomic mass is 10.1. The van der Waals surface area contributed by atoms with Crippen LogP contribution in [0.5, 0.6) is 17.2 Å². The Morgan fingerprint density at radius 3 is 2.10 bits per heavy atom. The number of carbonyl (C=O) groups is 1. The third kappa shape index (κ3) is 6.49. The second-order valence-corrected chi connectivity index (χ2v) is 10.8. The zero-order chi connectivity index (χ0) is 29.0. The molecular weight excluding hydrogens is 546 g/mol. The zero-order valence-corrected chi connectivity index (χ0v) is 22.8. The molecule has 3 rings (SSSR count). The van der Waals surface area contributed by atoms with E-state index in [1.165, 1.54) is 50.9 Å². The van der Waals surface area contributed by atoms with Crippen molar-refractivity contribution in [2.75, 3.05) is 66.0 Å². The minimum atomic E-state index is -4.77. The Morgan fingerprint density at radius 1 is 0.949 bits per heavy atom. The molecule has 9 nitrogen and oxygen atoms in total. The summed E-state index contributed by atoms with van der Waals surface area (Å²) >= 11 is 0. The van der Waals surface area contributed by atoms with E-state index in [4.69, 9.17) is 14.2 Å². The number of sulfonamides is 1. The maximum Gasteiger partial charge on any atom is 0.383 e. The van der Waals surface area contributed by atoms with Gasteiger partial charge >= 0.3 is 12.3 Å². The molecule has 1 saturated heterocycles. The number of alkyl halides is 4. The van der Waals surface area contributed by atoms with Crippen LogP contribution in [0, 0.1) is 0 Å². The molecule has 1 aliphatic heterocycles. The second kappa shape index (κ2) is 12.3. The maximum atomic E-state index is 13.5. The van der Waals surface area contributed by atoms with Gasteiger partial charge in [-0.25, -0.2) is 21.5 Å². The largest absolute Gasteiger partial charge is 0.495 e. The molecule has 14 heteroatoms. The zero-order valence-electron chi connectivity index (χ0n) is 22.0. The van der Waals surface area contributed by atoms with E-state index in [2.05, 4.69) is 0 Å². The van der Waals surface area contributed by atoms with Crippen molar-refractivity contribution in [3.8, 4) is 17.2 Å². The quantitative estimate of drug-likeness (QED) is 0.380. The predicted octanol–water partition coefficient (Wildman–Crippen LogP) is 3.12. The molecule has 216 valence electrons. The highest BCUT2D eigenvalue weighted by Crippen LogP contribution is 2.34. The number of likely N-dealkylation sites (N-methyl/N-ethyl adjacent to an activating group) is 1. The van der Waals surface area contributed by atoms with Crippen LogP contribution in [-0.4, -0.2) is 97.0 Å². The fraction of sp³-hybridized carbons (Fsp3) is 0.480. The summed E-state index contributed by atoms with van der Waals surface area (Å²) in [5, 5.41) is 0. The summed E-state index contributed by atoms with van der Waals surface area (Å²) < 4.78 is 96.0. The standard InChI is InChI=1S/C25H31F4N3O6S/c1-30(10-9-17-5-7-21(37-3)22(15-17)38-4)39(34,35)18-6-8-20(36-2)19(16-18)31-11-13-32(14-12-31)24(33)25(28,29)23(26)27/h5-8,15-16,23H,9-14H2,1-4H3. The van der Waals surface area contributed by atoms with Gasteiger partial charge in [-0.1, -0.05) is 6.07 Å². The number of hydrogen-bond acceptors (Lipinski definition) is 7. The first-order valence-electron chi connectivity index (χ1n) is 11.9. The highest BCUT2D eigenvalue weighted by molar-refractivity contribution is 7.89. The Labute approximate surface area is 224 Å². The molecule has 39 heavy (non-hydrogen) atoms. The SMILES string of the molecule is COc1ccc(CCN(C)S(=O)(=O)c2ccc(OC)c(N3CCN(C(=O)C(F)(F)C(F)F)CC3)c2)cc1OC. The van der Waals surface area contributed by atoms with Gasteiger partial charge in [-0.15, -0.1) is 0 Å². The van der Waals surface area contributed by atoms with Gasteiger partial charge in [0, 0.05) is 39.8 Å². The number of amides is 1. The summed E-state index contributed by atoms with van der Waals surface area (Å²) in [6, 6.07) is 9.61. The van der Waals surface area contributed by atoms with Crippen molar-refractivity contribution >= 4 is 21.6 Å². The van der Waals surface area contributed by atoms with Crippen molar-refractivity contribution in [2.24, 2.45) is 0 Å². The van der Waals surface area contributed by atoms with E-state index < -0.39 is 28.3 Å². The van der Waals surface area contributed by atoms with Crippen molar-refractivity contribution < 1.29 is 45.0 Å². The van der Waals surface area contributed by atoms with Gasteiger partial charge in [0.1, 0.15) is 5.75 Å². The van der Waals surface area contributed by atoms with Crippen LogP contribution in [0.4, 0.5) is 23.2 Å². The summed E-state index contributed by atoms with van der Waals surface area (Å²) in [6.07, 6.45) is -3.70. The van der Waals surface area contributed by atoms with E-state index in [-0.39, 0.29) is 37.6 Å². The van der Waals surface area contributed by atoms with Gasteiger partial charge in [-0.2, -0.15) is 8.78 Å². The second-order valence-electron chi connectivity index (χ2n) is 8.80. The number of anilines is 1. The molecule has 2 aromatic rings. The minimum Gasteiger partial charge on any atom is -0.495 e. The third-order valence-corrected chi connectivity index (χ3v) is 8.34.